The summed E-state index contributed by atoms with van der Waals surface area (Å²) in [5, 5.41) is 0. The molecule has 0 amide bonds. The summed E-state index contributed by atoms with van der Waals surface area (Å²) in [5.74, 6) is 0. The molecular formula is C12H14F3NOS. The molecule has 0 saturated heterocycles. The van der Waals surface area contributed by atoms with Gasteiger partial charge in [-0.2, -0.15) is 13.2 Å². The Morgan fingerprint density at radius 1 is 1.22 bits per heavy atom. The van der Waals surface area contributed by atoms with Crippen LogP contribution in [0.3, 0.4) is 0 Å². The molecule has 1 rings (SSSR count). The van der Waals surface area contributed by atoms with E-state index in [2.05, 4.69) is 4.40 Å². The smallest absolute Gasteiger partial charge is 0.416 e. The Morgan fingerprint density at radius 3 is 2.33 bits per heavy atom. The van der Waals surface area contributed by atoms with Gasteiger partial charge in [-0.1, -0.05) is 16.5 Å². The first-order valence-electron chi connectivity index (χ1n) is 5.24. The van der Waals surface area contributed by atoms with E-state index in [-0.39, 0.29) is 5.56 Å². The minimum Gasteiger partial charge on any atom is -0.591 e. The standard InChI is InChI=1S/C12H14F3NOS/c1-11(2,3)18(17)16-8-9-5-4-6-10(7-9)12(13,14)15/h4-8H,1-3H3/b16-8+. The maximum atomic E-state index is 12.5. The van der Waals surface area contributed by atoms with E-state index in [0.717, 1.165) is 12.1 Å². The van der Waals surface area contributed by atoms with Crippen molar-refractivity contribution in [3.63, 3.8) is 0 Å². The van der Waals surface area contributed by atoms with Gasteiger partial charge in [-0.3, -0.25) is 0 Å². The van der Waals surface area contributed by atoms with Crippen LogP contribution in [0.15, 0.2) is 28.7 Å². The Labute approximate surface area is 107 Å². The Kier molecular flexibility index (Phi) is 4.45. The molecule has 0 heterocycles. The highest BCUT2D eigenvalue weighted by atomic mass is 32.2. The average molecular weight is 277 g/mol. The molecule has 0 saturated carbocycles. The predicted molar refractivity (Wildman–Crippen MR) is 66.9 cm³/mol. The number of nitrogens with zero attached hydrogens (tertiary/aromatic N) is 1. The zero-order valence-corrected chi connectivity index (χ0v) is 11.1. The number of benzene rings is 1. The lowest BCUT2D eigenvalue weighted by molar-refractivity contribution is -0.137. The molecule has 100 valence electrons. The molecule has 0 aliphatic carbocycles. The van der Waals surface area contributed by atoms with Crippen LogP contribution in [0.25, 0.3) is 0 Å². The third-order valence-electron chi connectivity index (χ3n) is 2.04. The highest BCUT2D eigenvalue weighted by molar-refractivity contribution is 7.91. The van der Waals surface area contributed by atoms with E-state index in [1.165, 1.54) is 18.3 Å². The van der Waals surface area contributed by atoms with Crippen LogP contribution in [0, 0.1) is 0 Å². The molecule has 18 heavy (non-hydrogen) atoms. The molecule has 1 aromatic carbocycles. The molecule has 1 aromatic rings. The Balaban J connectivity index is 2.90. The number of rotatable bonds is 2. The Morgan fingerprint density at radius 2 is 1.83 bits per heavy atom. The maximum Gasteiger partial charge on any atom is 0.416 e. The monoisotopic (exact) mass is 277 g/mol. The van der Waals surface area contributed by atoms with Crippen molar-refractivity contribution in [2.75, 3.05) is 0 Å². The van der Waals surface area contributed by atoms with Crippen molar-refractivity contribution in [2.24, 2.45) is 4.40 Å². The van der Waals surface area contributed by atoms with Crippen molar-refractivity contribution in [1.29, 1.82) is 0 Å². The molecule has 0 bridgehead atoms. The van der Waals surface area contributed by atoms with Gasteiger partial charge in [-0.25, -0.2) is 0 Å². The van der Waals surface area contributed by atoms with Crippen molar-refractivity contribution in [2.45, 2.75) is 31.7 Å². The van der Waals surface area contributed by atoms with Gasteiger partial charge in [0.15, 0.2) is 0 Å². The molecule has 0 spiro atoms. The molecule has 0 N–H and O–H groups in total. The van der Waals surface area contributed by atoms with Crippen molar-refractivity contribution in [3.05, 3.63) is 35.4 Å². The van der Waals surface area contributed by atoms with Gasteiger partial charge in [0, 0.05) is 0 Å². The molecule has 0 aliphatic rings. The van der Waals surface area contributed by atoms with Crippen LogP contribution in [0.1, 0.15) is 31.9 Å². The third kappa shape index (κ3) is 4.34. The van der Waals surface area contributed by atoms with Gasteiger partial charge < -0.3 is 4.55 Å². The largest absolute Gasteiger partial charge is 0.591 e. The number of hydrogen-bond acceptors (Lipinski definition) is 2. The summed E-state index contributed by atoms with van der Waals surface area (Å²) in [6, 6.07) is 4.74. The van der Waals surface area contributed by atoms with Crippen LogP contribution in [-0.4, -0.2) is 15.5 Å². The third-order valence-corrected chi connectivity index (χ3v) is 3.38. The Hall–Kier alpha value is -1.01. The van der Waals surface area contributed by atoms with Crippen molar-refractivity contribution < 1.29 is 17.7 Å². The molecule has 1 unspecified atom stereocenters. The second kappa shape index (κ2) is 5.32. The first-order valence-corrected chi connectivity index (χ1v) is 6.35. The predicted octanol–water partition coefficient (Wildman–Crippen LogP) is 3.59. The second-order valence-corrected chi connectivity index (χ2v) is 6.65. The lowest BCUT2D eigenvalue weighted by atomic mass is 10.1. The number of hydrogen-bond donors (Lipinski definition) is 0. The van der Waals surface area contributed by atoms with E-state index in [1.54, 1.807) is 20.8 Å². The number of alkyl halides is 3. The summed E-state index contributed by atoms with van der Waals surface area (Å²) < 4.78 is 52.2. The minimum atomic E-state index is -4.38. The van der Waals surface area contributed by atoms with Crippen LogP contribution in [0.4, 0.5) is 13.2 Å². The molecule has 1 atom stereocenters. The summed E-state index contributed by atoms with van der Waals surface area (Å²) >= 11 is -1.48. The van der Waals surface area contributed by atoms with Crippen LogP contribution in [0.5, 0.6) is 0 Å². The SMILES string of the molecule is CC(C)(C)[S+]([O-])/N=C/c1cccc(C(F)(F)F)c1. The molecule has 0 radical (unpaired) electrons. The summed E-state index contributed by atoms with van der Waals surface area (Å²) in [5.41, 5.74) is -0.463. The van der Waals surface area contributed by atoms with Crippen LogP contribution in [0.2, 0.25) is 0 Å². The lowest BCUT2D eigenvalue weighted by Gasteiger charge is -2.17. The van der Waals surface area contributed by atoms with Crippen molar-refractivity contribution >= 4 is 17.6 Å². The minimum absolute atomic E-state index is 0.280. The first kappa shape index (κ1) is 15.0. The van der Waals surface area contributed by atoms with Crippen LogP contribution >= 0.6 is 0 Å². The van der Waals surface area contributed by atoms with E-state index >= 15 is 0 Å². The lowest BCUT2D eigenvalue weighted by Crippen LogP contribution is -2.25. The van der Waals surface area contributed by atoms with Gasteiger partial charge in [0.05, 0.1) is 11.8 Å². The normalized spacial score (nSPS) is 15.1. The van der Waals surface area contributed by atoms with E-state index in [9.17, 15) is 17.7 Å². The summed E-state index contributed by atoms with van der Waals surface area (Å²) in [6.45, 7) is 5.23. The van der Waals surface area contributed by atoms with Gasteiger partial charge in [0.1, 0.15) is 16.1 Å². The van der Waals surface area contributed by atoms with Crippen LogP contribution < -0.4 is 0 Å². The average Bonchev–Trinajstić information content (AvgIpc) is 2.23. The fraction of sp³-hybridized carbons (Fsp3) is 0.417. The fourth-order valence-electron chi connectivity index (χ4n) is 1.06. The van der Waals surface area contributed by atoms with E-state index in [4.69, 9.17) is 0 Å². The van der Waals surface area contributed by atoms with Gasteiger partial charge in [-0.15, -0.1) is 0 Å². The number of halogens is 3. The molecule has 2 nitrogen and oxygen atoms in total. The van der Waals surface area contributed by atoms with E-state index in [0.29, 0.717) is 0 Å². The van der Waals surface area contributed by atoms with Gasteiger partial charge in [0.2, 0.25) is 0 Å². The quantitative estimate of drug-likeness (QED) is 0.601. The van der Waals surface area contributed by atoms with Crippen LogP contribution in [-0.2, 0) is 17.5 Å². The molecule has 0 aliphatic heterocycles. The second-order valence-electron chi connectivity index (χ2n) is 4.72. The zero-order valence-electron chi connectivity index (χ0n) is 10.3. The topological polar surface area (TPSA) is 35.4 Å². The van der Waals surface area contributed by atoms with E-state index < -0.39 is 27.8 Å². The molecule has 0 aromatic heterocycles. The van der Waals surface area contributed by atoms with Crippen molar-refractivity contribution in [1.82, 2.24) is 0 Å². The zero-order chi connectivity index (χ0) is 14.0. The highest BCUT2D eigenvalue weighted by Gasteiger charge is 2.30. The van der Waals surface area contributed by atoms with Gasteiger partial charge in [-0.05, 0) is 38.5 Å². The highest BCUT2D eigenvalue weighted by Crippen LogP contribution is 2.29. The van der Waals surface area contributed by atoms with Gasteiger partial charge >= 0.3 is 6.18 Å². The maximum absolute atomic E-state index is 12.5. The summed E-state index contributed by atoms with van der Waals surface area (Å²) in [6.07, 6.45) is -3.18. The molecule has 6 heteroatoms. The fourth-order valence-corrected chi connectivity index (χ4v) is 1.60. The summed E-state index contributed by atoms with van der Waals surface area (Å²) in [4.78, 5) is 0. The van der Waals surface area contributed by atoms with Gasteiger partial charge in [0.25, 0.3) is 0 Å². The molecular weight excluding hydrogens is 263 g/mol. The Bertz CT molecular complexity index is 438. The van der Waals surface area contributed by atoms with E-state index in [1.807, 2.05) is 0 Å². The van der Waals surface area contributed by atoms with Crippen molar-refractivity contribution in [3.8, 4) is 0 Å². The molecule has 0 fully saturated rings. The first-order chi connectivity index (χ1) is 8.10. The summed E-state index contributed by atoms with van der Waals surface area (Å²) in [7, 11) is 0.